The first-order valence-electron chi connectivity index (χ1n) is 18.2. The van der Waals surface area contributed by atoms with Crippen molar-refractivity contribution in [3.05, 3.63) is 96.1 Å². The Morgan fingerprint density at radius 3 is 1.30 bits per heavy atom. The molecule has 2 saturated heterocycles. The van der Waals surface area contributed by atoms with Crippen LogP contribution < -0.4 is 9.47 Å². The lowest BCUT2D eigenvalue weighted by Crippen LogP contribution is -2.03. The van der Waals surface area contributed by atoms with Gasteiger partial charge in [-0.2, -0.15) is 0 Å². The Bertz CT molecular complexity index is 1510. The second kappa shape index (κ2) is 19.9. The zero-order valence-electron chi connectivity index (χ0n) is 29.0. The molecule has 0 N–H and O–H groups in total. The van der Waals surface area contributed by atoms with Crippen molar-refractivity contribution in [3.8, 4) is 11.5 Å². The standard InChI is InChI=1S/C42H50N2O6/c1(5-23-45-29-37-31-49-37)3-7-25-47-35-19-15-33(16-20-35)27-43-41-13-9-12-40-39(41)11-10-14-42(40)44-28-34-17-21-36(22-18-34)48-26-8-4-2-6-24-46-30-38-32-50-38/h9-22,27-28,37-38H,1-8,23-26,29-32H2. The summed E-state index contributed by atoms with van der Waals surface area (Å²) in [6, 6.07) is 28.5. The smallest absolute Gasteiger partial charge is 0.119 e. The minimum Gasteiger partial charge on any atom is -0.494 e. The van der Waals surface area contributed by atoms with E-state index < -0.39 is 0 Å². The van der Waals surface area contributed by atoms with Crippen molar-refractivity contribution in [1.82, 2.24) is 0 Å². The van der Waals surface area contributed by atoms with Gasteiger partial charge in [-0.15, -0.1) is 0 Å². The molecule has 2 unspecified atom stereocenters. The quantitative estimate of drug-likeness (QED) is 0.0418. The lowest BCUT2D eigenvalue weighted by molar-refractivity contribution is 0.112. The van der Waals surface area contributed by atoms with Gasteiger partial charge in [0, 0.05) is 36.4 Å². The van der Waals surface area contributed by atoms with Crippen LogP contribution in [0, 0.1) is 0 Å². The third-order valence-electron chi connectivity index (χ3n) is 8.66. The van der Waals surface area contributed by atoms with Gasteiger partial charge >= 0.3 is 0 Å². The Kier molecular flexibility index (Phi) is 14.3. The highest BCUT2D eigenvalue weighted by atomic mass is 16.6. The number of unbranched alkanes of at least 4 members (excludes halogenated alkanes) is 6. The highest BCUT2D eigenvalue weighted by molar-refractivity contribution is 6.02. The summed E-state index contributed by atoms with van der Waals surface area (Å²) in [6.07, 6.45) is 13.4. The van der Waals surface area contributed by atoms with Crippen molar-refractivity contribution >= 4 is 34.6 Å². The molecule has 2 atom stereocenters. The molecule has 0 aromatic heterocycles. The van der Waals surface area contributed by atoms with E-state index in [4.69, 9.17) is 38.4 Å². The average molecular weight is 679 g/mol. The predicted octanol–water partition coefficient (Wildman–Crippen LogP) is 9.05. The molecule has 0 bridgehead atoms. The number of rotatable bonds is 24. The van der Waals surface area contributed by atoms with E-state index in [-0.39, 0.29) is 0 Å². The lowest BCUT2D eigenvalue weighted by atomic mass is 10.1. The van der Waals surface area contributed by atoms with E-state index in [9.17, 15) is 0 Å². The van der Waals surface area contributed by atoms with Crippen LogP contribution in [0.1, 0.15) is 62.5 Å². The van der Waals surface area contributed by atoms with E-state index in [2.05, 4.69) is 12.1 Å². The molecule has 4 aromatic carbocycles. The summed E-state index contributed by atoms with van der Waals surface area (Å²) in [5.41, 5.74) is 3.86. The molecule has 6 rings (SSSR count). The van der Waals surface area contributed by atoms with Crippen molar-refractivity contribution in [3.63, 3.8) is 0 Å². The van der Waals surface area contributed by atoms with Crippen LogP contribution >= 0.6 is 0 Å². The molecule has 0 spiro atoms. The number of epoxide rings is 2. The van der Waals surface area contributed by atoms with Gasteiger partial charge in [-0.25, -0.2) is 0 Å². The van der Waals surface area contributed by atoms with Crippen LogP contribution in [-0.4, -0.2) is 77.5 Å². The Morgan fingerprint density at radius 1 is 0.500 bits per heavy atom. The second-order valence-electron chi connectivity index (χ2n) is 12.9. The van der Waals surface area contributed by atoms with E-state index in [1.165, 1.54) is 0 Å². The van der Waals surface area contributed by atoms with Gasteiger partial charge < -0.3 is 28.4 Å². The maximum atomic E-state index is 5.95. The Hall–Kier alpha value is -4.08. The molecule has 0 amide bonds. The van der Waals surface area contributed by atoms with Crippen LogP contribution in [0.15, 0.2) is 94.9 Å². The van der Waals surface area contributed by atoms with Gasteiger partial charge in [-0.3, -0.25) is 9.98 Å². The van der Waals surface area contributed by atoms with E-state index in [0.29, 0.717) is 12.2 Å². The number of hydrogen-bond donors (Lipinski definition) is 0. The predicted molar refractivity (Wildman–Crippen MR) is 200 cm³/mol. The van der Waals surface area contributed by atoms with Crippen molar-refractivity contribution in [2.24, 2.45) is 9.98 Å². The summed E-state index contributed by atoms with van der Waals surface area (Å²) in [5, 5.41) is 2.12. The Labute approximate surface area is 296 Å². The van der Waals surface area contributed by atoms with Gasteiger partial charge in [-0.05, 0) is 110 Å². The van der Waals surface area contributed by atoms with Crippen molar-refractivity contribution < 1.29 is 28.4 Å². The highest BCUT2D eigenvalue weighted by Crippen LogP contribution is 2.32. The maximum absolute atomic E-state index is 5.95. The third-order valence-corrected chi connectivity index (χ3v) is 8.66. The Balaban J connectivity index is 0.914. The summed E-state index contributed by atoms with van der Waals surface area (Å²) in [4.78, 5) is 9.67. The van der Waals surface area contributed by atoms with E-state index >= 15 is 0 Å². The molecule has 50 heavy (non-hydrogen) atoms. The van der Waals surface area contributed by atoms with E-state index in [1.54, 1.807) is 0 Å². The first kappa shape index (κ1) is 35.7. The molecule has 0 aliphatic carbocycles. The lowest BCUT2D eigenvalue weighted by Gasteiger charge is -2.07. The molecule has 8 heteroatoms. The zero-order valence-corrected chi connectivity index (χ0v) is 29.0. The monoisotopic (exact) mass is 678 g/mol. The van der Waals surface area contributed by atoms with Crippen molar-refractivity contribution in [2.75, 3.05) is 52.9 Å². The molecule has 2 aliphatic heterocycles. The summed E-state index contributed by atoms with van der Waals surface area (Å²) in [7, 11) is 0. The average Bonchev–Trinajstić information content (AvgIpc) is 4.10. The van der Waals surface area contributed by atoms with Gasteiger partial charge in [0.1, 0.15) is 23.7 Å². The Morgan fingerprint density at radius 2 is 0.900 bits per heavy atom. The van der Waals surface area contributed by atoms with Crippen LogP contribution in [0.4, 0.5) is 11.4 Å². The molecule has 2 fully saturated rings. The molecule has 264 valence electrons. The van der Waals surface area contributed by atoms with Gasteiger partial charge in [0.05, 0.1) is 51.0 Å². The number of benzene rings is 4. The third kappa shape index (κ3) is 12.7. The molecule has 2 aliphatic rings. The first-order chi connectivity index (χ1) is 24.8. The SMILES string of the molecule is C(=Nc1cccc2c(N=Cc3ccc(OCCCCCCOCC4CO4)cc3)cccc12)c1ccc(OCCCCCCOCC2CO2)cc1. The second-order valence-corrected chi connectivity index (χ2v) is 12.9. The minimum atomic E-state index is 0.352. The van der Waals surface area contributed by atoms with Gasteiger partial charge in [0.2, 0.25) is 0 Å². The maximum Gasteiger partial charge on any atom is 0.119 e. The summed E-state index contributed by atoms with van der Waals surface area (Å²) in [6.45, 7) is 6.28. The number of ether oxygens (including phenoxy) is 6. The van der Waals surface area contributed by atoms with Crippen molar-refractivity contribution in [1.29, 1.82) is 0 Å². The largest absolute Gasteiger partial charge is 0.494 e. The van der Waals surface area contributed by atoms with E-state index in [1.807, 2.05) is 85.2 Å². The summed E-state index contributed by atoms with van der Waals surface area (Å²) < 4.78 is 33.4. The van der Waals surface area contributed by atoms with Crippen LogP contribution in [-0.2, 0) is 18.9 Å². The summed E-state index contributed by atoms with van der Waals surface area (Å²) >= 11 is 0. The van der Waals surface area contributed by atoms with Gasteiger partial charge in [0.15, 0.2) is 0 Å². The van der Waals surface area contributed by atoms with Gasteiger partial charge in [0.25, 0.3) is 0 Å². The topological polar surface area (TPSA) is 86.7 Å². The van der Waals surface area contributed by atoms with Crippen LogP contribution in [0.2, 0.25) is 0 Å². The fourth-order valence-corrected chi connectivity index (χ4v) is 5.55. The molecule has 2 heterocycles. The first-order valence-corrected chi connectivity index (χ1v) is 18.2. The van der Waals surface area contributed by atoms with Crippen molar-refractivity contribution in [2.45, 2.75) is 63.6 Å². The number of hydrogen-bond acceptors (Lipinski definition) is 8. The van der Waals surface area contributed by atoms with Crippen LogP contribution in [0.3, 0.4) is 0 Å². The van der Waals surface area contributed by atoms with Gasteiger partial charge in [-0.1, -0.05) is 37.1 Å². The molecule has 0 saturated carbocycles. The molecule has 4 aromatic rings. The van der Waals surface area contributed by atoms with Crippen LogP contribution in [0.25, 0.3) is 10.8 Å². The fourth-order valence-electron chi connectivity index (χ4n) is 5.55. The molecule has 0 radical (unpaired) electrons. The molecule has 8 nitrogen and oxygen atoms in total. The molecular formula is C42H50N2O6. The zero-order chi connectivity index (χ0) is 34.1. The number of nitrogens with zero attached hydrogens (tertiary/aromatic N) is 2. The van der Waals surface area contributed by atoms with E-state index in [0.717, 1.165) is 149 Å². The number of fused-ring (bicyclic) bond motifs is 1. The fraction of sp³-hybridized carbons (Fsp3) is 0.429. The molecular weight excluding hydrogens is 628 g/mol. The number of aliphatic imine (C=N–C) groups is 2. The minimum absolute atomic E-state index is 0.352. The van der Waals surface area contributed by atoms with Crippen LogP contribution in [0.5, 0.6) is 11.5 Å². The normalized spacial score (nSPS) is 16.8. The highest BCUT2D eigenvalue weighted by Gasteiger charge is 2.22. The summed E-state index contributed by atoms with van der Waals surface area (Å²) in [5.74, 6) is 1.76.